The van der Waals surface area contributed by atoms with Gasteiger partial charge < -0.3 is 15.1 Å². The highest BCUT2D eigenvalue weighted by Crippen LogP contribution is 2.42. The molecule has 1 aromatic carbocycles. The van der Waals surface area contributed by atoms with Gasteiger partial charge in [0.1, 0.15) is 0 Å². The highest BCUT2D eigenvalue weighted by atomic mass is 35.5. The molecule has 3 fully saturated rings. The van der Waals surface area contributed by atoms with Gasteiger partial charge in [-0.15, -0.1) is 5.10 Å². The molecule has 3 aliphatic heterocycles. The predicted molar refractivity (Wildman–Crippen MR) is 151 cm³/mol. The van der Waals surface area contributed by atoms with Crippen molar-refractivity contribution in [3.05, 3.63) is 41.0 Å². The zero-order chi connectivity index (χ0) is 27.8. The third-order valence-electron chi connectivity index (χ3n) is 8.21. The molecule has 0 bridgehead atoms. The molecule has 0 radical (unpaired) electrons. The maximum Gasteiger partial charge on any atom is 0.344 e. The second-order valence-corrected chi connectivity index (χ2v) is 13.4. The van der Waals surface area contributed by atoms with E-state index in [9.17, 15) is 18.0 Å². The molecule has 2 amide bonds. The van der Waals surface area contributed by atoms with Gasteiger partial charge in [-0.05, 0) is 42.4 Å². The van der Waals surface area contributed by atoms with Gasteiger partial charge in [-0.3, -0.25) is 9.69 Å². The largest absolute Gasteiger partial charge is 0.371 e. The van der Waals surface area contributed by atoms with Gasteiger partial charge >= 0.3 is 6.03 Å². The Balaban J connectivity index is 1.18. The summed E-state index contributed by atoms with van der Waals surface area (Å²) in [6.07, 6.45) is 5.71. The summed E-state index contributed by atoms with van der Waals surface area (Å²) in [4.78, 5) is 30.6. The summed E-state index contributed by atoms with van der Waals surface area (Å²) in [6.45, 7) is 7.78. The van der Waals surface area contributed by atoms with E-state index in [0.29, 0.717) is 37.0 Å². The standard InChI is InChI=1S/C26H36ClN7O4S/c1-20(35)28-24-5-9-34(29-24)25(36)32-15-13-30(14-16-32)18-21-3-4-22(27)17-23(21)31-10-6-26(7-11-31)8-12-33(19-26)39(2,37)38/h3-5,9,17H,6-8,10-16,18-19H2,1-2H3,(H,28,29,35). The molecular weight excluding hydrogens is 542 g/mol. The van der Waals surface area contributed by atoms with Crippen molar-refractivity contribution in [2.75, 3.05) is 68.8 Å². The maximum absolute atomic E-state index is 12.9. The normalized spacial score (nSPS) is 20.5. The number of halogens is 1. The van der Waals surface area contributed by atoms with Gasteiger partial charge in [-0.25, -0.2) is 17.5 Å². The molecule has 0 unspecified atom stereocenters. The number of carbonyl (C=O) groups is 2. The van der Waals surface area contributed by atoms with Gasteiger partial charge in [0.2, 0.25) is 15.9 Å². The van der Waals surface area contributed by atoms with Gasteiger partial charge in [0.05, 0.1) is 6.26 Å². The number of sulfonamides is 1. The van der Waals surface area contributed by atoms with Crippen molar-refractivity contribution in [1.82, 2.24) is 23.9 Å². The molecular formula is C26H36ClN7O4S. The van der Waals surface area contributed by atoms with Crippen LogP contribution in [0.2, 0.25) is 5.02 Å². The number of carbonyl (C=O) groups excluding carboxylic acids is 2. The summed E-state index contributed by atoms with van der Waals surface area (Å²) in [6, 6.07) is 7.46. The number of rotatable bonds is 5. The monoisotopic (exact) mass is 577 g/mol. The number of amides is 2. The number of anilines is 2. The highest BCUT2D eigenvalue weighted by molar-refractivity contribution is 7.88. The lowest BCUT2D eigenvalue weighted by Crippen LogP contribution is -2.49. The Morgan fingerprint density at radius 2 is 1.72 bits per heavy atom. The maximum atomic E-state index is 12.9. The van der Waals surface area contributed by atoms with E-state index >= 15 is 0 Å². The Kier molecular flexibility index (Phi) is 7.91. The number of benzene rings is 1. The molecule has 2 aromatic rings. The van der Waals surface area contributed by atoms with E-state index in [1.165, 1.54) is 23.4 Å². The number of hydrogen-bond donors (Lipinski definition) is 1. The van der Waals surface area contributed by atoms with Crippen molar-refractivity contribution in [3.8, 4) is 0 Å². The average Bonchev–Trinajstić information content (AvgIpc) is 3.53. The van der Waals surface area contributed by atoms with E-state index in [2.05, 4.69) is 26.3 Å². The first-order valence-corrected chi connectivity index (χ1v) is 15.6. The van der Waals surface area contributed by atoms with Gasteiger partial charge in [-0.1, -0.05) is 17.7 Å². The molecule has 4 heterocycles. The summed E-state index contributed by atoms with van der Waals surface area (Å²) in [5, 5.41) is 7.44. The predicted octanol–water partition coefficient (Wildman–Crippen LogP) is 2.53. The first kappa shape index (κ1) is 27.9. The van der Waals surface area contributed by atoms with E-state index < -0.39 is 10.0 Å². The number of piperazine rings is 1. The third kappa shape index (κ3) is 6.40. The summed E-state index contributed by atoms with van der Waals surface area (Å²) in [7, 11) is -3.15. The molecule has 3 saturated heterocycles. The quantitative estimate of drug-likeness (QED) is 0.581. The minimum atomic E-state index is -3.15. The van der Waals surface area contributed by atoms with Crippen molar-refractivity contribution >= 4 is 45.1 Å². The number of piperidine rings is 1. The highest BCUT2D eigenvalue weighted by Gasteiger charge is 2.43. The molecule has 1 aromatic heterocycles. The Hall–Kier alpha value is -2.67. The molecule has 11 nitrogen and oxygen atoms in total. The Bertz CT molecular complexity index is 1330. The molecule has 1 N–H and O–H groups in total. The number of nitrogens with zero attached hydrogens (tertiary/aromatic N) is 6. The van der Waals surface area contributed by atoms with Crippen molar-refractivity contribution in [2.24, 2.45) is 5.41 Å². The SMILES string of the molecule is CC(=O)Nc1ccn(C(=O)N2CCN(Cc3ccc(Cl)cc3N3CCC4(CC3)CCN(S(C)(=O)=O)C4)CC2)n1. The summed E-state index contributed by atoms with van der Waals surface area (Å²) in [5.41, 5.74) is 2.40. The minimum absolute atomic E-state index is 0.0681. The van der Waals surface area contributed by atoms with Crippen molar-refractivity contribution in [1.29, 1.82) is 0 Å². The van der Waals surface area contributed by atoms with E-state index in [0.717, 1.165) is 57.7 Å². The Morgan fingerprint density at radius 3 is 2.36 bits per heavy atom. The van der Waals surface area contributed by atoms with Crippen LogP contribution >= 0.6 is 11.6 Å². The van der Waals surface area contributed by atoms with E-state index in [1.807, 2.05) is 12.1 Å². The van der Waals surface area contributed by atoms with Crippen LogP contribution in [-0.2, 0) is 21.4 Å². The van der Waals surface area contributed by atoms with E-state index in [-0.39, 0.29) is 17.4 Å². The molecule has 0 aliphatic carbocycles. The lowest BCUT2D eigenvalue weighted by atomic mass is 9.77. The van der Waals surface area contributed by atoms with E-state index in [1.54, 1.807) is 21.5 Å². The number of aromatic nitrogens is 2. The van der Waals surface area contributed by atoms with Crippen molar-refractivity contribution < 1.29 is 18.0 Å². The molecule has 212 valence electrons. The molecule has 0 saturated carbocycles. The summed E-state index contributed by atoms with van der Waals surface area (Å²) in [5.74, 6) is 0.123. The van der Waals surface area contributed by atoms with Crippen molar-refractivity contribution in [2.45, 2.75) is 32.7 Å². The third-order valence-corrected chi connectivity index (χ3v) is 9.70. The second kappa shape index (κ2) is 11.1. The van der Waals surface area contributed by atoms with Crippen LogP contribution in [0.15, 0.2) is 30.5 Å². The van der Waals surface area contributed by atoms with Gasteiger partial charge in [0.25, 0.3) is 0 Å². The van der Waals surface area contributed by atoms with Crippen LogP contribution < -0.4 is 10.2 Å². The summed E-state index contributed by atoms with van der Waals surface area (Å²) >= 11 is 6.42. The van der Waals surface area contributed by atoms with Gasteiger partial charge in [-0.2, -0.15) is 4.68 Å². The summed E-state index contributed by atoms with van der Waals surface area (Å²) < 4.78 is 27.0. The Labute approximate surface area is 234 Å². The fraction of sp³-hybridized carbons (Fsp3) is 0.577. The average molecular weight is 578 g/mol. The number of hydrogen-bond acceptors (Lipinski definition) is 7. The lowest BCUT2D eigenvalue weighted by molar-refractivity contribution is -0.114. The van der Waals surface area contributed by atoms with Crippen LogP contribution in [0.25, 0.3) is 0 Å². The molecule has 13 heteroatoms. The fourth-order valence-electron chi connectivity index (χ4n) is 5.93. The molecule has 5 rings (SSSR count). The minimum Gasteiger partial charge on any atom is -0.371 e. The van der Waals surface area contributed by atoms with Crippen LogP contribution in [0.5, 0.6) is 0 Å². The van der Waals surface area contributed by atoms with Crippen LogP contribution in [0, 0.1) is 5.41 Å². The first-order chi connectivity index (χ1) is 18.5. The molecule has 39 heavy (non-hydrogen) atoms. The lowest BCUT2D eigenvalue weighted by Gasteiger charge is -2.41. The number of nitrogens with one attached hydrogen (secondary N) is 1. The Morgan fingerprint density at radius 1 is 1.03 bits per heavy atom. The van der Waals surface area contributed by atoms with E-state index in [4.69, 9.17) is 11.6 Å². The zero-order valence-electron chi connectivity index (χ0n) is 22.5. The molecule has 1 spiro atoms. The second-order valence-electron chi connectivity index (χ2n) is 11.0. The fourth-order valence-corrected chi connectivity index (χ4v) is 7.03. The van der Waals surface area contributed by atoms with Crippen LogP contribution in [-0.4, -0.2) is 103 Å². The van der Waals surface area contributed by atoms with Crippen LogP contribution in [0.1, 0.15) is 31.7 Å². The topological polar surface area (TPSA) is 111 Å². The molecule has 0 atom stereocenters. The van der Waals surface area contributed by atoms with Gasteiger partial charge in [0, 0.05) is 88.8 Å². The zero-order valence-corrected chi connectivity index (χ0v) is 24.0. The first-order valence-electron chi connectivity index (χ1n) is 13.3. The van der Waals surface area contributed by atoms with Crippen molar-refractivity contribution in [3.63, 3.8) is 0 Å². The van der Waals surface area contributed by atoms with Gasteiger partial charge in [0.15, 0.2) is 5.82 Å². The van der Waals surface area contributed by atoms with Crippen LogP contribution in [0.4, 0.5) is 16.3 Å². The smallest absolute Gasteiger partial charge is 0.344 e. The molecule has 3 aliphatic rings. The van der Waals surface area contributed by atoms with Crippen LogP contribution in [0.3, 0.4) is 0 Å².